The van der Waals surface area contributed by atoms with Crippen LogP contribution in [-0.2, 0) is 17.9 Å². The largest absolute Gasteiger partial charge is 0.480 e. The highest BCUT2D eigenvalue weighted by Gasteiger charge is 2.06. The van der Waals surface area contributed by atoms with Gasteiger partial charge in [0.15, 0.2) is 0 Å². The smallest absolute Gasteiger partial charge is 0.325 e. The highest BCUT2D eigenvalue weighted by atomic mass is 16.4. The molecular formula is C9H16N4O2. The SMILES string of the molecule is CCN(CC)Cc1cn(CC(=O)O)nn1. The summed E-state index contributed by atoms with van der Waals surface area (Å²) in [5.41, 5.74) is 0.806. The minimum Gasteiger partial charge on any atom is -0.480 e. The van der Waals surface area contributed by atoms with E-state index >= 15 is 0 Å². The summed E-state index contributed by atoms with van der Waals surface area (Å²) in [4.78, 5) is 12.6. The third-order valence-corrected chi connectivity index (χ3v) is 2.16. The van der Waals surface area contributed by atoms with Crippen molar-refractivity contribution in [3.05, 3.63) is 11.9 Å². The van der Waals surface area contributed by atoms with Crippen molar-refractivity contribution in [2.75, 3.05) is 13.1 Å². The Hall–Kier alpha value is -1.43. The van der Waals surface area contributed by atoms with Crippen molar-refractivity contribution < 1.29 is 9.90 Å². The van der Waals surface area contributed by atoms with Gasteiger partial charge in [-0.25, -0.2) is 4.68 Å². The first kappa shape index (κ1) is 11.6. The average Bonchev–Trinajstić information content (AvgIpc) is 2.61. The van der Waals surface area contributed by atoms with Crippen LogP contribution >= 0.6 is 0 Å². The van der Waals surface area contributed by atoms with Crippen LogP contribution in [0.25, 0.3) is 0 Å². The van der Waals surface area contributed by atoms with Crippen LogP contribution in [0.1, 0.15) is 19.5 Å². The second kappa shape index (κ2) is 5.45. The molecule has 15 heavy (non-hydrogen) atoms. The third-order valence-electron chi connectivity index (χ3n) is 2.16. The summed E-state index contributed by atoms with van der Waals surface area (Å²) in [7, 11) is 0. The number of hydrogen-bond acceptors (Lipinski definition) is 4. The molecule has 0 unspecified atom stereocenters. The van der Waals surface area contributed by atoms with E-state index in [2.05, 4.69) is 29.1 Å². The van der Waals surface area contributed by atoms with E-state index in [-0.39, 0.29) is 6.54 Å². The predicted octanol–water partition coefficient (Wildman–Crippen LogP) is 0.204. The molecule has 1 heterocycles. The zero-order valence-corrected chi connectivity index (χ0v) is 9.05. The average molecular weight is 212 g/mol. The Morgan fingerprint density at radius 2 is 2.20 bits per heavy atom. The maximum absolute atomic E-state index is 10.4. The van der Waals surface area contributed by atoms with Crippen molar-refractivity contribution in [2.45, 2.75) is 26.9 Å². The monoisotopic (exact) mass is 212 g/mol. The first-order valence-corrected chi connectivity index (χ1v) is 4.98. The van der Waals surface area contributed by atoms with Gasteiger partial charge < -0.3 is 5.11 Å². The van der Waals surface area contributed by atoms with Gasteiger partial charge in [-0.1, -0.05) is 19.1 Å². The lowest BCUT2D eigenvalue weighted by atomic mass is 10.4. The molecule has 1 N–H and O–H groups in total. The maximum atomic E-state index is 10.4. The highest BCUT2D eigenvalue weighted by Crippen LogP contribution is 1.99. The van der Waals surface area contributed by atoms with Crippen LogP contribution in [0.15, 0.2) is 6.20 Å². The predicted molar refractivity (Wildman–Crippen MR) is 54.3 cm³/mol. The molecule has 0 spiro atoms. The number of aliphatic carboxylic acids is 1. The molecule has 0 saturated heterocycles. The zero-order valence-electron chi connectivity index (χ0n) is 9.05. The first-order chi connectivity index (χ1) is 7.15. The maximum Gasteiger partial charge on any atom is 0.325 e. The van der Waals surface area contributed by atoms with Crippen LogP contribution in [0.2, 0.25) is 0 Å². The Morgan fingerprint density at radius 3 is 2.73 bits per heavy atom. The summed E-state index contributed by atoms with van der Waals surface area (Å²) in [5, 5.41) is 16.2. The standard InChI is InChI=1S/C9H16N4O2/c1-3-12(4-2)5-8-6-13(11-10-8)7-9(14)15/h6H,3-5,7H2,1-2H3,(H,14,15). The van der Waals surface area contributed by atoms with Crippen molar-refractivity contribution in [1.82, 2.24) is 19.9 Å². The molecule has 1 aromatic heterocycles. The van der Waals surface area contributed by atoms with Crippen LogP contribution in [0, 0.1) is 0 Å². The summed E-state index contributed by atoms with van der Waals surface area (Å²) in [5.74, 6) is -0.908. The fourth-order valence-electron chi connectivity index (χ4n) is 1.30. The lowest BCUT2D eigenvalue weighted by Crippen LogP contribution is -2.22. The number of carboxylic acid groups (broad SMARTS) is 1. The molecule has 1 rings (SSSR count). The minimum absolute atomic E-state index is 0.134. The highest BCUT2D eigenvalue weighted by molar-refractivity contribution is 5.66. The van der Waals surface area contributed by atoms with E-state index in [1.165, 1.54) is 4.68 Å². The van der Waals surface area contributed by atoms with Crippen LogP contribution in [-0.4, -0.2) is 44.1 Å². The minimum atomic E-state index is -0.908. The summed E-state index contributed by atoms with van der Waals surface area (Å²) in [6, 6.07) is 0. The third kappa shape index (κ3) is 3.67. The molecule has 0 atom stereocenters. The Morgan fingerprint density at radius 1 is 1.53 bits per heavy atom. The van der Waals surface area contributed by atoms with E-state index < -0.39 is 5.97 Å². The normalized spacial score (nSPS) is 10.9. The number of carboxylic acids is 1. The lowest BCUT2D eigenvalue weighted by Gasteiger charge is -2.15. The Bertz CT molecular complexity index is 320. The molecule has 1 aromatic rings. The number of carbonyl (C=O) groups is 1. The second-order valence-corrected chi connectivity index (χ2v) is 3.26. The van der Waals surface area contributed by atoms with E-state index in [4.69, 9.17) is 5.11 Å². The van der Waals surface area contributed by atoms with E-state index in [1.807, 2.05) is 0 Å². The summed E-state index contributed by atoms with van der Waals surface area (Å²) in [6.45, 7) is 6.62. The van der Waals surface area contributed by atoms with Crippen LogP contribution in [0.4, 0.5) is 0 Å². The fraction of sp³-hybridized carbons (Fsp3) is 0.667. The Kier molecular flexibility index (Phi) is 4.23. The van der Waals surface area contributed by atoms with Crippen LogP contribution in [0.3, 0.4) is 0 Å². The molecular weight excluding hydrogens is 196 g/mol. The molecule has 0 fully saturated rings. The van der Waals surface area contributed by atoms with Crippen molar-refractivity contribution in [1.29, 1.82) is 0 Å². The van der Waals surface area contributed by atoms with Gasteiger partial charge in [0.1, 0.15) is 6.54 Å². The molecule has 0 saturated carbocycles. The zero-order chi connectivity index (χ0) is 11.3. The first-order valence-electron chi connectivity index (χ1n) is 4.98. The van der Waals surface area contributed by atoms with Crippen molar-refractivity contribution in [2.24, 2.45) is 0 Å². The molecule has 0 bridgehead atoms. The van der Waals surface area contributed by atoms with Crippen LogP contribution in [0.5, 0.6) is 0 Å². The number of nitrogens with zero attached hydrogens (tertiary/aromatic N) is 4. The topological polar surface area (TPSA) is 71.2 Å². The van der Waals surface area contributed by atoms with E-state index in [0.717, 1.165) is 18.8 Å². The molecule has 0 aliphatic carbocycles. The van der Waals surface area contributed by atoms with Gasteiger partial charge in [0.2, 0.25) is 0 Å². The van der Waals surface area contributed by atoms with Gasteiger partial charge >= 0.3 is 5.97 Å². The van der Waals surface area contributed by atoms with Gasteiger partial charge in [-0.15, -0.1) is 5.10 Å². The van der Waals surface area contributed by atoms with Crippen molar-refractivity contribution in [3.63, 3.8) is 0 Å². The molecule has 6 heteroatoms. The molecule has 84 valence electrons. The van der Waals surface area contributed by atoms with E-state index in [1.54, 1.807) is 6.20 Å². The summed E-state index contributed by atoms with van der Waals surface area (Å²) < 4.78 is 1.33. The van der Waals surface area contributed by atoms with E-state index in [0.29, 0.717) is 6.54 Å². The molecule has 6 nitrogen and oxygen atoms in total. The lowest BCUT2D eigenvalue weighted by molar-refractivity contribution is -0.137. The van der Waals surface area contributed by atoms with Gasteiger partial charge in [0.25, 0.3) is 0 Å². The molecule has 0 aliphatic heterocycles. The second-order valence-electron chi connectivity index (χ2n) is 3.26. The van der Waals surface area contributed by atoms with Crippen molar-refractivity contribution >= 4 is 5.97 Å². The molecule has 0 radical (unpaired) electrons. The van der Waals surface area contributed by atoms with Crippen molar-refractivity contribution in [3.8, 4) is 0 Å². The molecule has 0 aliphatic rings. The Balaban J connectivity index is 2.55. The Labute approximate surface area is 88.5 Å². The van der Waals surface area contributed by atoms with Gasteiger partial charge in [0.05, 0.1) is 11.9 Å². The number of hydrogen-bond donors (Lipinski definition) is 1. The summed E-state index contributed by atoms with van der Waals surface area (Å²) >= 11 is 0. The van der Waals surface area contributed by atoms with Gasteiger partial charge in [-0.05, 0) is 13.1 Å². The van der Waals surface area contributed by atoms with Gasteiger partial charge in [0, 0.05) is 6.54 Å². The van der Waals surface area contributed by atoms with E-state index in [9.17, 15) is 4.79 Å². The number of aromatic nitrogens is 3. The van der Waals surface area contributed by atoms with Gasteiger partial charge in [-0.2, -0.15) is 0 Å². The van der Waals surface area contributed by atoms with Gasteiger partial charge in [-0.3, -0.25) is 9.69 Å². The molecule has 0 aromatic carbocycles. The number of rotatable bonds is 6. The summed E-state index contributed by atoms with van der Waals surface area (Å²) in [6.07, 6.45) is 1.67. The van der Waals surface area contributed by atoms with Crippen LogP contribution < -0.4 is 0 Å². The molecule has 0 amide bonds. The quantitative estimate of drug-likeness (QED) is 0.729. The fourth-order valence-corrected chi connectivity index (χ4v) is 1.30.